The highest BCUT2D eigenvalue weighted by atomic mass is 16.5. The van der Waals surface area contributed by atoms with E-state index in [1.54, 1.807) is 6.20 Å². The van der Waals surface area contributed by atoms with Crippen LogP contribution >= 0.6 is 0 Å². The van der Waals surface area contributed by atoms with Crippen LogP contribution in [0.15, 0.2) is 69.5 Å². The summed E-state index contributed by atoms with van der Waals surface area (Å²) < 4.78 is 5.44. The maximum atomic E-state index is 13.7. The molecule has 0 saturated carbocycles. The summed E-state index contributed by atoms with van der Waals surface area (Å²) in [5.41, 5.74) is 4.34. The molecule has 7 nitrogen and oxygen atoms in total. The standard InChI is InChI=1S/C25H27N5O2/c1-3-29(4-2)25-27-22-18-8-6-5-7-9-19(18)24(31)21(23(22)28-25)17-10-11-20(26-16-17)30-12-14-32-15-13-30/h5,7-11,16H,3-4,6,12-15H2,1-2H3. The van der Waals surface area contributed by atoms with Gasteiger partial charge in [-0.15, -0.1) is 0 Å². The van der Waals surface area contributed by atoms with Gasteiger partial charge < -0.3 is 14.5 Å². The first-order valence-electron chi connectivity index (χ1n) is 11.3. The number of nitrogens with zero attached hydrogens (tertiary/aromatic N) is 5. The lowest BCUT2D eigenvalue weighted by atomic mass is 9.82. The number of ether oxygens (including phenoxy) is 1. The lowest BCUT2D eigenvalue weighted by Gasteiger charge is -2.28. The first-order valence-corrected chi connectivity index (χ1v) is 11.3. The molecular weight excluding hydrogens is 402 g/mol. The number of Topliss-reactive ketones (excluding diaryl/α,β-unsaturated/α-hetero) is 1. The Labute approximate surface area is 188 Å². The number of aromatic nitrogens is 1. The van der Waals surface area contributed by atoms with Crippen molar-refractivity contribution in [3.05, 3.63) is 65.0 Å². The summed E-state index contributed by atoms with van der Waals surface area (Å²) in [5.74, 6) is 1.54. The molecule has 4 aliphatic rings. The van der Waals surface area contributed by atoms with Crippen LogP contribution < -0.4 is 4.90 Å². The third kappa shape index (κ3) is 3.52. The normalized spacial score (nSPS) is 20.2. The van der Waals surface area contributed by atoms with Gasteiger partial charge in [-0.3, -0.25) is 4.79 Å². The van der Waals surface area contributed by atoms with E-state index in [2.05, 4.69) is 34.7 Å². The number of guanidine groups is 1. The van der Waals surface area contributed by atoms with Crippen LogP contribution in [-0.2, 0) is 9.53 Å². The molecule has 5 rings (SSSR count). The summed E-state index contributed by atoms with van der Waals surface area (Å²) in [6.07, 6.45) is 10.5. The highest BCUT2D eigenvalue weighted by Gasteiger charge is 2.37. The van der Waals surface area contributed by atoms with Crippen molar-refractivity contribution in [2.45, 2.75) is 20.3 Å². The molecule has 1 aromatic rings. The molecule has 0 N–H and O–H groups in total. The number of fused-ring (bicyclic) bond motifs is 3. The Kier molecular flexibility index (Phi) is 5.57. The fourth-order valence-corrected chi connectivity index (χ4v) is 4.42. The molecule has 0 radical (unpaired) electrons. The minimum absolute atomic E-state index is 0.0257. The van der Waals surface area contributed by atoms with Gasteiger partial charge in [-0.2, -0.15) is 0 Å². The Morgan fingerprint density at radius 2 is 1.91 bits per heavy atom. The Morgan fingerprint density at radius 3 is 2.62 bits per heavy atom. The Hall–Kier alpha value is -3.32. The molecule has 7 heteroatoms. The van der Waals surface area contributed by atoms with Gasteiger partial charge >= 0.3 is 0 Å². The van der Waals surface area contributed by atoms with Crippen LogP contribution in [0, 0.1) is 0 Å². The van der Waals surface area contributed by atoms with Gasteiger partial charge in [0.2, 0.25) is 5.96 Å². The summed E-state index contributed by atoms with van der Waals surface area (Å²) in [7, 11) is 0. The highest BCUT2D eigenvalue weighted by molar-refractivity contribution is 6.45. The molecule has 1 saturated heterocycles. The molecule has 2 aliphatic carbocycles. The van der Waals surface area contributed by atoms with Crippen LogP contribution in [0.2, 0.25) is 0 Å². The van der Waals surface area contributed by atoms with Crippen molar-refractivity contribution in [2.24, 2.45) is 9.98 Å². The second kappa shape index (κ2) is 8.67. The van der Waals surface area contributed by atoms with E-state index in [0.29, 0.717) is 36.0 Å². The van der Waals surface area contributed by atoms with Crippen LogP contribution in [-0.4, -0.2) is 66.7 Å². The number of anilines is 1. The van der Waals surface area contributed by atoms with Crippen molar-refractivity contribution in [1.82, 2.24) is 9.88 Å². The molecule has 2 aliphatic heterocycles. The molecule has 164 valence electrons. The fourth-order valence-electron chi connectivity index (χ4n) is 4.42. The highest BCUT2D eigenvalue weighted by Crippen LogP contribution is 2.38. The van der Waals surface area contributed by atoms with E-state index in [1.165, 1.54) is 0 Å². The minimum atomic E-state index is -0.0257. The second-order valence-corrected chi connectivity index (χ2v) is 7.96. The van der Waals surface area contributed by atoms with Gasteiger partial charge in [0.25, 0.3) is 0 Å². The maximum Gasteiger partial charge on any atom is 0.226 e. The van der Waals surface area contributed by atoms with Crippen LogP contribution in [0.1, 0.15) is 25.8 Å². The van der Waals surface area contributed by atoms with E-state index in [4.69, 9.17) is 14.7 Å². The number of aliphatic imine (C=N–C) groups is 2. The van der Waals surface area contributed by atoms with Gasteiger partial charge in [0.1, 0.15) is 17.2 Å². The predicted octanol–water partition coefficient (Wildman–Crippen LogP) is 3.18. The fraction of sp³-hybridized carbons (Fsp3) is 0.360. The average molecular weight is 430 g/mol. The molecular formula is C25H27N5O2. The molecule has 0 amide bonds. The Morgan fingerprint density at radius 1 is 1.09 bits per heavy atom. The van der Waals surface area contributed by atoms with Crippen molar-refractivity contribution in [3.8, 4) is 0 Å². The smallest absolute Gasteiger partial charge is 0.226 e. The summed E-state index contributed by atoms with van der Waals surface area (Å²) >= 11 is 0. The Balaban J connectivity index is 1.61. The zero-order chi connectivity index (χ0) is 22.1. The number of allylic oxidation sites excluding steroid dienone is 7. The van der Waals surface area contributed by atoms with E-state index in [1.807, 2.05) is 30.4 Å². The SMILES string of the molecule is CCN(CC)C1=NC2=C(c3ccc(N4CCOCC4)nc3)C(=O)C3=CC=CCC=C3C2=N1. The van der Waals surface area contributed by atoms with Crippen LogP contribution in [0.5, 0.6) is 0 Å². The van der Waals surface area contributed by atoms with Crippen molar-refractivity contribution < 1.29 is 9.53 Å². The van der Waals surface area contributed by atoms with Gasteiger partial charge in [-0.05, 0) is 32.4 Å². The zero-order valence-electron chi connectivity index (χ0n) is 18.5. The third-order valence-corrected chi connectivity index (χ3v) is 6.18. The number of rotatable bonds is 4. The topological polar surface area (TPSA) is 70.4 Å². The van der Waals surface area contributed by atoms with Crippen LogP contribution in [0.3, 0.4) is 0 Å². The predicted molar refractivity (Wildman–Crippen MR) is 127 cm³/mol. The molecule has 1 aromatic heterocycles. The molecule has 0 atom stereocenters. The van der Waals surface area contributed by atoms with Gasteiger partial charge in [0, 0.05) is 49.1 Å². The molecule has 32 heavy (non-hydrogen) atoms. The summed E-state index contributed by atoms with van der Waals surface area (Å²) in [6, 6.07) is 3.96. The van der Waals surface area contributed by atoms with Crippen molar-refractivity contribution in [3.63, 3.8) is 0 Å². The number of morpholine rings is 1. The lowest BCUT2D eigenvalue weighted by molar-refractivity contribution is -0.110. The molecule has 0 spiro atoms. The van der Waals surface area contributed by atoms with E-state index in [-0.39, 0.29) is 5.78 Å². The molecule has 0 unspecified atom stereocenters. The monoisotopic (exact) mass is 429 g/mol. The molecule has 0 aromatic carbocycles. The third-order valence-electron chi connectivity index (χ3n) is 6.18. The van der Waals surface area contributed by atoms with Crippen molar-refractivity contribution in [2.75, 3.05) is 44.3 Å². The molecule has 0 bridgehead atoms. The number of pyridine rings is 1. The number of carbonyl (C=O) groups excluding carboxylic acids is 1. The number of hydrogen-bond donors (Lipinski definition) is 0. The van der Waals surface area contributed by atoms with Crippen molar-refractivity contribution in [1.29, 1.82) is 0 Å². The zero-order valence-corrected chi connectivity index (χ0v) is 18.5. The lowest BCUT2D eigenvalue weighted by Crippen LogP contribution is -2.36. The summed E-state index contributed by atoms with van der Waals surface area (Å²) in [6.45, 7) is 8.84. The number of hydrogen-bond acceptors (Lipinski definition) is 7. The van der Waals surface area contributed by atoms with Crippen molar-refractivity contribution >= 4 is 28.8 Å². The summed E-state index contributed by atoms with van der Waals surface area (Å²) in [5, 5.41) is 0. The molecule has 3 heterocycles. The summed E-state index contributed by atoms with van der Waals surface area (Å²) in [4.78, 5) is 32.4. The van der Waals surface area contributed by atoms with Gasteiger partial charge in [0.15, 0.2) is 5.78 Å². The van der Waals surface area contributed by atoms with Gasteiger partial charge in [-0.1, -0.05) is 24.3 Å². The van der Waals surface area contributed by atoms with E-state index in [9.17, 15) is 4.79 Å². The van der Waals surface area contributed by atoms with Crippen LogP contribution in [0.4, 0.5) is 5.82 Å². The van der Waals surface area contributed by atoms with E-state index < -0.39 is 0 Å². The number of carbonyl (C=O) groups is 1. The largest absolute Gasteiger partial charge is 0.378 e. The van der Waals surface area contributed by atoms with Gasteiger partial charge in [-0.25, -0.2) is 15.0 Å². The molecule has 1 fully saturated rings. The first-order chi connectivity index (χ1) is 15.7. The Bertz CT molecular complexity index is 1110. The second-order valence-electron chi connectivity index (χ2n) is 7.96. The van der Waals surface area contributed by atoms with E-state index >= 15 is 0 Å². The number of ketones is 1. The first kappa shape index (κ1) is 20.6. The van der Waals surface area contributed by atoms with E-state index in [0.717, 1.165) is 55.3 Å². The maximum absolute atomic E-state index is 13.7. The van der Waals surface area contributed by atoms with Crippen LogP contribution in [0.25, 0.3) is 5.57 Å². The quantitative estimate of drug-likeness (QED) is 0.735. The minimum Gasteiger partial charge on any atom is -0.378 e. The van der Waals surface area contributed by atoms with Gasteiger partial charge in [0.05, 0.1) is 18.8 Å². The average Bonchev–Trinajstić information content (AvgIpc) is 3.10.